The molecule has 1 unspecified atom stereocenters. The zero-order valence-electron chi connectivity index (χ0n) is 8.43. The molecular formula is C10H11NO3S. The number of hydrogen-bond donors (Lipinski definition) is 1. The molecule has 15 heavy (non-hydrogen) atoms. The van der Waals surface area contributed by atoms with Gasteiger partial charge in [0.25, 0.3) is 0 Å². The second kappa shape index (κ2) is 3.67. The van der Waals surface area contributed by atoms with Gasteiger partial charge in [-0.3, -0.25) is 0 Å². The van der Waals surface area contributed by atoms with Crippen LogP contribution in [-0.2, 0) is 11.0 Å². The lowest BCUT2D eigenvalue weighted by atomic mass is 10.2. The SMILES string of the molecule is CN(C)S(=O)c1cc2c(O)cccc2o1. The minimum atomic E-state index is -1.32. The van der Waals surface area contributed by atoms with Crippen molar-refractivity contribution in [1.29, 1.82) is 0 Å². The van der Waals surface area contributed by atoms with Crippen molar-refractivity contribution in [2.24, 2.45) is 0 Å². The van der Waals surface area contributed by atoms with Crippen LogP contribution in [0.2, 0.25) is 0 Å². The van der Waals surface area contributed by atoms with Gasteiger partial charge in [0.2, 0.25) is 5.09 Å². The Morgan fingerprint density at radius 3 is 2.73 bits per heavy atom. The number of rotatable bonds is 2. The molecule has 0 bridgehead atoms. The van der Waals surface area contributed by atoms with Gasteiger partial charge in [0.1, 0.15) is 11.3 Å². The third-order valence-electron chi connectivity index (χ3n) is 2.02. The highest BCUT2D eigenvalue weighted by atomic mass is 32.2. The van der Waals surface area contributed by atoms with E-state index in [0.717, 1.165) is 0 Å². The summed E-state index contributed by atoms with van der Waals surface area (Å²) < 4.78 is 18.6. The molecule has 0 spiro atoms. The third-order valence-corrected chi connectivity index (χ3v) is 3.23. The fraction of sp³-hybridized carbons (Fsp3) is 0.200. The van der Waals surface area contributed by atoms with E-state index >= 15 is 0 Å². The summed E-state index contributed by atoms with van der Waals surface area (Å²) in [7, 11) is 2.07. The molecule has 0 aliphatic heterocycles. The molecule has 4 nitrogen and oxygen atoms in total. The Kier molecular flexibility index (Phi) is 2.50. The summed E-state index contributed by atoms with van der Waals surface area (Å²) in [6, 6.07) is 6.58. The minimum Gasteiger partial charge on any atom is -0.507 e. The first kappa shape index (κ1) is 10.2. The zero-order chi connectivity index (χ0) is 11.0. The van der Waals surface area contributed by atoms with Crippen LogP contribution in [-0.4, -0.2) is 27.7 Å². The van der Waals surface area contributed by atoms with Gasteiger partial charge in [-0.05, 0) is 26.2 Å². The lowest BCUT2D eigenvalue weighted by molar-refractivity contribution is 0.478. The van der Waals surface area contributed by atoms with Crippen LogP contribution in [0.5, 0.6) is 5.75 Å². The van der Waals surface area contributed by atoms with E-state index in [9.17, 15) is 9.32 Å². The second-order valence-electron chi connectivity index (χ2n) is 3.32. The smallest absolute Gasteiger partial charge is 0.207 e. The Morgan fingerprint density at radius 2 is 2.13 bits per heavy atom. The second-order valence-corrected chi connectivity index (χ2v) is 4.95. The third kappa shape index (κ3) is 1.75. The molecule has 2 aromatic rings. The number of benzene rings is 1. The molecule has 0 radical (unpaired) electrons. The molecule has 2 rings (SSSR count). The average molecular weight is 225 g/mol. The highest BCUT2D eigenvalue weighted by Crippen LogP contribution is 2.29. The number of nitrogens with zero attached hydrogens (tertiary/aromatic N) is 1. The van der Waals surface area contributed by atoms with Gasteiger partial charge in [0.15, 0.2) is 11.0 Å². The van der Waals surface area contributed by atoms with E-state index in [1.165, 1.54) is 4.31 Å². The van der Waals surface area contributed by atoms with E-state index in [1.54, 1.807) is 38.4 Å². The monoisotopic (exact) mass is 225 g/mol. The van der Waals surface area contributed by atoms with E-state index in [1.807, 2.05) is 0 Å². The first-order valence-corrected chi connectivity index (χ1v) is 5.51. The molecule has 80 valence electrons. The predicted octanol–water partition coefficient (Wildman–Crippen LogP) is 1.72. The quantitative estimate of drug-likeness (QED) is 0.846. The Balaban J connectivity index is 2.57. The first-order chi connectivity index (χ1) is 7.09. The standard InChI is InChI=1S/C10H11NO3S/c1-11(2)15(13)10-6-7-8(12)4-3-5-9(7)14-10/h3-6,12H,1-2H3. The Labute approximate surface area is 89.7 Å². The molecule has 1 aromatic carbocycles. The lowest BCUT2D eigenvalue weighted by Crippen LogP contribution is -2.14. The maximum absolute atomic E-state index is 11.7. The average Bonchev–Trinajstić information content (AvgIpc) is 2.61. The van der Waals surface area contributed by atoms with Crippen molar-refractivity contribution in [3.8, 4) is 5.75 Å². The summed E-state index contributed by atoms with van der Waals surface area (Å²) in [6.45, 7) is 0. The Bertz CT molecular complexity index is 518. The van der Waals surface area contributed by atoms with Gasteiger partial charge in [-0.1, -0.05) is 6.07 Å². The molecule has 0 aliphatic rings. The molecule has 0 fully saturated rings. The van der Waals surface area contributed by atoms with Crippen LogP contribution in [0.25, 0.3) is 11.0 Å². The fourth-order valence-corrected chi connectivity index (χ4v) is 2.03. The molecule has 1 aromatic heterocycles. The number of hydrogen-bond acceptors (Lipinski definition) is 3. The lowest BCUT2D eigenvalue weighted by Gasteiger charge is -2.04. The molecule has 0 saturated heterocycles. The van der Waals surface area contributed by atoms with Gasteiger partial charge in [0.05, 0.1) is 5.39 Å². The van der Waals surface area contributed by atoms with Crippen LogP contribution in [0.3, 0.4) is 0 Å². The number of furan rings is 1. The molecule has 0 amide bonds. The maximum Gasteiger partial charge on any atom is 0.207 e. The number of phenols is 1. The van der Waals surface area contributed by atoms with Gasteiger partial charge in [-0.15, -0.1) is 0 Å². The summed E-state index contributed by atoms with van der Waals surface area (Å²) in [6.07, 6.45) is 0. The van der Waals surface area contributed by atoms with Crippen LogP contribution in [0.1, 0.15) is 0 Å². The van der Waals surface area contributed by atoms with Crippen molar-refractivity contribution in [3.63, 3.8) is 0 Å². The number of aromatic hydroxyl groups is 1. The molecule has 0 saturated carbocycles. The van der Waals surface area contributed by atoms with E-state index in [4.69, 9.17) is 4.42 Å². The van der Waals surface area contributed by atoms with Crippen molar-refractivity contribution in [2.75, 3.05) is 14.1 Å². The number of phenolic OH excluding ortho intramolecular Hbond substituents is 1. The van der Waals surface area contributed by atoms with Crippen molar-refractivity contribution >= 4 is 22.0 Å². The van der Waals surface area contributed by atoms with E-state index in [-0.39, 0.29) is 5.75 Å². The normalized spacial score (nSPS) is 13.5. The van der Waals surface area contributed by atoms with Crippen LogP contribution < -0.4 is 0 Å². The molecule has 1 N–H and O–H groups in total. The zero-order valence-corrected chi connectivity index (χ0v) is 9.25. The van der Waals surface area contributed by atoms with Gasteiger partial charge in [0, 0.05) is 6.07 Å². The molecule has 5 heteroatoms. The highest BCUT2D eigenvalue weighted by molar-refractivity contribution is 7.82. The maximum atomic E-state index is 11.7. The van der Waals surface area contributed by atoms with Gasteiger partial charge < -0.3 is 9.52 Å². The summed E-state index contributed by atoms with van der Waals surface area (Å²) in [5.74, 6) is 0.137. The number of fused-ring (bicyclic) bond motifs is 1. The van der Waals surface area contributed by atoms with Crippen LogP contribution in [0, 0.1) is 0 Å². The van der Waals surface area contributed by atoms with E-state index < -0.39 is 11.0 Å². The molecule has 1 atom stereocenters. The van der Waals surface area contributed by atoms with Gasteiger partial charge in [-0.2, -0.15) is 0 Å². The Hall–Kier alpha value is -1.33. The summed E-state index contributed by atoms with van der Waals surface area (Å²) in [4.78, 5) is 0. The molecular weight excluding hydrogens is 214 g/mol. The fourth-order valence-electron chi connectivity index (χ4n) is 1.29. The molecule has 0 aliphatic carbocycles. The summed E-state index contributed by atoms with van der Waals surface area (Å²) in [5.41, 5.74) is 0.542. The van der Waals surface area contributed by atoms with Crippen molar-refractivity contribution < 1.29 is 13.7 Å². The van der Waals surface area contributed by atoms with E-state index in [2.05, 4.69) is 0 Å². The van der Waals surface area contributed by atoms with Crippen LogP contribution >= 0.6 is 0 Å². The summed E-state index contributed by atoms with van der Waals surface area (Å²) in [5, 5.41) is 10.5. The van der Waals surface area contributed by atoms with E-state index in [0.29, 0.717) is 16.1 Å². The predicted molar refractivity (Wildman–Crippen MR) is 58.0 cm³/mol. The highest BCUT2D eigenvalue weighted by Gasteiger charge is 2.14. The van der Waals surface area contributed by atoms with Crippen molar-refractivity contribution in [3.05, 3.63) is 24.3 Å². The van der Waals surface area contributed by atoms with Crippen LogP contribution in [0.4, 0.5) is 0 Å². The van der Waals surface area contributed by atoms with Crippen LogP contribution in [0.15, 0.2) is 33.8 Å². The van der Waals surface area contributed by atoms with Gasteiger partial charge in [-0.25, -0.2) is 8.51 Å². The first-order valence-electron chi connectivity index (χ1n) is 4.40. The Morgan fingerprint density at radius 1 is 1.40 bits per heavy atom. The van der Waals surface area contributed by atoms with Crippen molar-refractivity contribution in [1.82, 2.24) is 4.31 Å². The molecule has 1 heterocycles. The topological polar surface area (TPSA) is 53.7 Å². The summed E-state index contributed by atoms with van der Waals surface area (Å²) >= 11 is 0. The minimum absolute atomic E-state index is 0.137. The van der Waals surface area contributed by atoms with Gasteiger partial charge >= 0.3 is 0 Å². The van der Waals surface area contributed by atoms with Crippen molar-refractivity contribution in [2.45, 2.75) is 5.09 Å². The largest absolute Gasteiger partial charge is 0.507 e.